The Bertz CT molecular complexity index is 347. The molecule has 3 N–H and O–H groups in total. The molecule has 0 aliphatic heterocycles. The highest BCUT2D eigenvalue weighted by Crippen LogP contribution is 2.25. The van der Waals surface area contributed by atoms with Gasteiger partial charge in [-0.2, -0.15) is 13.2 Å². The summed E-state index contributed by atoms with van der Waals surface area (Å²) in [7, 11) is 0. The lowest BCUT2D eigenvalue weighted by Crippen LogP contribution is -2.45. The second-order valence-electron chi connectivity index (χ2n) is 4.95. The molecule has 0 aromatic carbocycles. The van der Waals surface area contributed by atoms with Gasteiger partial charge in [-0.15, -0.1) is 0 Å². The van der Waals surface area contributed by atoms with Crippen molar-refractivity contribution in [2.45, 2.75) is 50.7 Å². The quantitative estimate of drug-likeness (QED) is 0.658. The van der Waals surface area contributed by atoms with E-state index < -0.39 is 36.6 Å². The minimum absolute atomic E-state index is 0.0367. The van der Waals surface area contributed by atoms with Crippen molar-refractivity contribution in [2.24, 2.45) is 5.92 Å². The SMILES string of the molecule is O=C(NCCCCC(F)(F)F)NC1CCCC1C(=O)O. The highest BCUT2D eigenvalue weighted by molar-refractivity contribution is 5.76. The average molecular weight is 296 g/mol. The number of hydrogen-bond donors (Lipinski definition) is 3. The highest BCUT2D eigenvalue weighted by Gasteiger charge is 2.33. The van der Waals surface area contributed by atoms with Crippen LogP contribution in [0.5, 0.6) is 0 Å². The van der Waals surface area contributed by atoms with Crippen LogP contribution in [0.25, 0.3) is 0 Å². The standard InChI is InChI=1S/C12H19F3N2O3/c13-12(14,15)6-1-2-7-16-11(20)17-9-5-3-4-8(9)10(18)19/h8-9H,1-7H2,(H,18,19)(H2,16,17,20). The van der Waals surface area contributed by atoms with Crippen LogP contribution >= 0.6 is 0 Å². The Hall–Kier alpha value is -1.47. The third-order valence-corrected chi connectivity index (χ3v) is 3.32. The first-order chi connectivity index (χ1) is 9.29. The van der Waals surface area contributed by atoms with Gasteiger partial charge in [-0.1, -0.05) is 6.42 Å². The van der Waals surface area contributed by atoms with Gasteiger partial charge in [0.15, 0.2) is 0 Å². The first-order valence-electron chi connectivity index (χ1n) is 6.63. The van der Waals surface area contributed by atoms with Gasteiger partial charge < -0.3 is 15.7 Å². The molecule has 0 bridgehead atoms. The first-order valence-corrected chi connectivity index (χ1v) is 6.63. The molecule has 1 aliphatic rings. The zero-order chi connectivity index (χ0) is 15.2. The number of carbonyl (C=O) groups is 2. The summed E-state index contributed by atoms with van der Waals surface area (Å²) in [6.45, 7) is 0.145. The Morgan fingerprint density at radius 2 is 1.90 bits per heavy atom. The smallest absolute Gasteiger partial charge is 0.389 e. The van der Waals surface area contributed by atoms with Crippen molar-refractivity contribution in [3.05, 3.63) is 0 Å². The number of hydrogen-bond acceptors (Lipinski definition) is 2. The lowest BCUT2D eigenvalue weighted by molar-refractivity contribution is -0.142. The van der Waals surface area contributed by atoms with Gasteiger partial charge in [0.1, 0.15) is 0 Å². The normalized spacial score (nSPS) is 22.6. The molecule has 20 heavy (non-hydrogen) atoms. The molecule has 1 fully saturated rings. The fourth-order valence-corrected chi connectivity index (χ4v) is 2.30. The fraction of sp³-hybridized carbons (Fsp3) is 0.833. The molecule has 0 spiro atoms. The zero-order valence-electron chi connectivity index (χ0n) is 11.0. The molecule has 0 aromatic heterocycles. The van der Waals surface area contributed by atoms with E-state index in [9.17, 15) is 22.8 Å². The summed E-state index contributed by atoms with van der Waals surface area (Å²) in [6.07, 6.45) is -2.94. The van der Waals surface area contributed by atoms with E-state index in [0.717, 1.165) is 6.42 Å². The van der Waals surface area contributed by atoms with Gasteiger partial charge >= 0.3 is 18.2 Å². The van der Waals surface area contributed by atoms with Crippen LogP contribution in [-0.4, -0.2) is 35.9 Å². The van der Waals surface area contributed by atoms with Gasteiger partial charge in [0.25, 0.3) is 0 Å². The second kappa shape index (κ2) is 7.35. The maximum absolute atomic E-state index is 11.9. The molecule has 116 valence electrons. The Labute approximate surface area is 114 Å². The number of carboxylic acid groups (broad SMARTS) is 1. The Kier molecular flexibility index (Phi) is 6.09. The lowest BCUT2D eigenvalue weighted by atomic mass is 10.0. The van der Waals surface area contributed by atoms with E-state index >= 15 is 0 Å². The summed E-state index contributed by atoms with van der Waals surface area (Å²) < 4.78 is 35.6. The van der Waals surface area contributed by atoms with Gasteiger partial charge in [0.05, 0.1) is 5.92 Å². The third-order valence-electron chi connectivity index (χ3n) is 3.32. The largest absolute Gasteiger partial charge is 0.481 e. The van der Waals surface area contributed by atoms with Crippen molar-refractivity contribution in [1.82, 2.24) is 10.6 Å². The number of carbonyl (C=O) groups excluding carboxylic acids is 1. The maximum atomic E-state index is 11.9. The predicted molar refractivity (Wildman–Crippen MR) is 65.2 cm³/mol. The van der Waals surface area contributed by atoms with Crippen LogP contribution in [0.3, 0.4) is 0 Å². The van der Waals surface area contributed by atoms with Crippen molar-refractivity contribution in [3.63, 3.8) is 0 Å². The van der Waals surface area contributed by atoms with Crippen molar-refractivity contribution < 1.29 is 27.9 Å². The Morgan fingerprint density at radius 3 is 2.50 bits per heavy atom. The van der Waals surface area contributed by atoms with Crippen molar-refractivity contribution in [3.8, 4) is 0 Å². The van der Waals surface area contributed by atoms with Crippen LogP contribution in [0.2, 0.25) is 0 Å². The van der Waals surface area contributed by atoms with E-state index in [-0.39, 0.29) is 19.4 Å². The number of unbranched alkanes of at least 4 members (excludes halogenated alkanes) is 1. The number of halogens is 3. The van der Waals surface area contributed by atoms with E-state index in [1.165, 1.54) is 0 Å². The molecule has 2 atom stereocenters. The number of rotatable bonds is 6. The summed E-state index contributed by atoms with van der Waals surface area (Å²) in [5.41, 5.74) is 0. The molecule has 1 saturated carbocycles. The molecule has 0 heterocycles. The maximum Gasteiger partial charge on any atom is 0.389 e. The summed E-state index contributed by atoms with van der Waals surface area (Å²) >= 11 is 0. The Balaban J connectivity index is 2.16. The molecule has 8 heteroatoms. The second-order valence-corrected chi connectivity index (χ2v) is 4.95. The number of carboxylic acids is 1. The number of amides is 2. The number of nitrogens with one attached hydrogen (secondary N) is 2. The molecule has 1 rings (SSSR count). The van der Waals surface area contributed by atoms with Crippen LogP contribution in [0.4, 0.5) is 18.0 Å². The number of alkyl halides is 3. The zero-order valence-corrected chi connectivity index (χ0v) is 11.0. The van der Waals surface area contributed by atoms with Gasteiger partial charge in [-0.05, 0) is 25.7 Å². The van der Waals surface area contributed by atoms with Crippen LogP contribution in [0, 0.1) is 5.92 Å². The minimum Gasteiger partial charge on any atom is -0.481 e. The lowest BCUT2D eigenvalue weighted by Gasteiger charge is -2.18. The summed E-state index contributed by atoms with van der Waals surface area (Å²) in [5.74, 6) is -1.51. The fourth-order valence-electron chi connectivity index (χ4n) is 2.30. The molecule has 2 unspecified atom stereocenters. The van der Waals surface area contributed by atoms with E-state index in [2.05, 4.69) is 10.6 Å². The van der Waals surface area contributed by atoms with Crippen LogP contribution in [0.1, 0.15) is 38.5 Å². The topological polar surface area (TPSA) is 78.4 Å². The van der Waals surface area contributed by atoms with E-state index in [1.54, 1.807) is 0 Å². The molecule has 2 amide bonds. The summed E-state index contributed by atoms with van der Waals surface area (Å²) in [5, 5.41) is 13.9. The van der Waals surface area contributed by atoms with Gasteiger partial charge in [-0.25, -0.2) is 4.79 Å². The van der Waals surface area contributed by atoms with E-state index in [4.69, 9.17) is 5.11 Å². The predicted octanol–water partition coefficient (Wildman–Crippen LogP) is 2.27. The summed E-state index contributed by atoms with van der Waals surface area (Å²) in [4.78, 5) is 22.4. The van der Waals surface area contributed by atoms with Gasteiger partial charge in [0, 0.05) is 19.0 Å². The highest BCUT2D eigenvalue weighted by atomic mass is 19.4. The molecule has 5 nitrogen and oxygen atoms in total. The number of aliphatic carboxylic acids is 1. The van der Waals surface area contributed by atoms with Gasteiger partial charge in [-0.3, -0.25) is 4.79 Å². The van der Waals surface area contributed by atoms with Crippen molar-refractivity contribution in [2.75, 3.05) is 6.54 Å². The van der Waals surface area contributed by atoms with Crippen molar-refractivity contribution >= 4 is 12.0 Å². The molecule has 0 radical (unpaired) electrons. The molecule has 0 saturated heterocycles. The summed E-state index contributed by atoms with van der Waals surface area (Å²) in [6, 6.07) is -0.919. The minimum atomic E-state index is -4.17. The van der Waals surface area contributed by atoms with Gasteiger partial charge in [0.2, 0.25) is 0 Å². The van der Waals surface area contributed by atoms with E-state index in [0.29, 0.717) is 12.8 Å². The first kappa shape index (κ1) is 16.6. The molecular formula is C12H19F3N2O3. The third kappa shape index (κ3) is 6.12. The number of urea groups is 1. The molecule has 1 aliphatic carbocycles. The van der Waals surface area contributed by atoms with Crippen molar-refractivity contribution in [1.29, 1.82) is 0 Å². The molecule has 0 aromatic rings. The van der Waals surface area contributed by atoms with Crippen LogP contribution in [-0.2, 0) is 4.79 Å². The monoisotopic (exact) mass is 296 g/mol. The van der Waals surface area contributed by atoms with Crippen LogP contribution in [0.15, 0.2) is 0 Å². The molecular weight excluding hydrogens is 277 g/mol. The Morgan fingerprint density at radius 1 is 1.20 bits per heavy atom. The van der Waals surface area contributed by atoms with Crippen LogP contribution < -0.4 is 10.6 Å². The van der Waals surface area contributed by atoms with E-state index in [1.807, 2.05) is 0 Å². The average Bonchev–Trinajstić information content (AvgIpc) is 2.75.